The van der Waals surface area contributed by atoms with E-state index in [2.05, 4.69) is 5.32 Å². The SMILES string of the molecule is CCN(CC(=O)NC(C)C)c1cc(F)c(C(=O)O)cc1N. The molecule has 0 fully saturated rings. The van der Waals surface area contributed by atoms with E-state index >= 15 is 0 Å². The van der Waals surface area contributed by atoms with Gasteiger partial charge in [-0.1, -0.05) is 0 Å². The largest absolute Gasteiger partial charge is 0.478 e. The molecule has 0 aliphatic carbocycles. The summed E-state index contributed by atoms with van der Waals surface area (Å²) in [6.07, 6.45) is 0. The molecule has 0 unspecified atom stereocenters. The Morgan fingerprint density at radius 1 is 1.43 bits per heavy atom. The lowest BCUT2D eigenvalue weighted by Crippen LogP contribution is -2.40. The van der Waals surface area contributed by atoms with Crippen LogP contribution in [0.1, 0.15) is 31.1 Å². The van der Waals surface area contributed by atoms with Crippen molar-refractivity contribution in [1.29, 1.82) is 0 Å². The lowest BCUT2D eigenvalue weighted by molar-refractivity contribution is -0.120. The Balaban J connectivity index is 3.03. The van der Waals surface area contributed by atoms with Crippen molar-refractivity contribution in [2.45, 2.75) is 26.8 Å². The second-order valence-electron chi connectivity index (χ2n) is 4.93. The molecule has 0 saturated heterocycles. The van der Waals surface area contributed by atoms with Gasteiger partial charge in [0, 0.05) is 18.7 Å². The number of rotatable bonds is 6. The molecule has 0 aliphatic heterocycles. The van der Waals surface area contributed by atoms with E-state index in [0.717, 1.165) is 12.1 Å². The smallest absolute Gasteiger partial charge is 0.338 e. The number of likely N-dealkylation sites (N-methyl/N-ethyl adjacent to an activating group) is 1. The summed E-state index contributed by atoms with van der Waals surface area (Å²) in [5.41, 5.74) is 5.71. The molecule has 0 atom stereocenters. The monoisotopic (exact) mass is 297 g/mol. The van der Waals surface area contributed by atoms with Gasteiger partial charge in [0.15, 0.2) is 0 Å². The number of hydrogen-bond donors (Lipinski definition) is 3. The van der Waals surface area contributed by atoms with Crippen LogP contribution in [0.3, 0.4) is 0 Å². The maximum atomic E-state index is 13.8. The molecule has 0 heterocycles. The molecule has 0 bridgehead atoms. The molecule has 21 heavy (non-hydrogen) atoms. The molecule has 0 saturated carbocycles. The summed E-state index contributed by atoms with van der Waals surface area (Å²) in [6, 6.07) is 2.11. The number of nitrogens with one attached hydrogen (secondary N) is 1. The maximum absolute atomic E-state index is 13.8. The highest BCUT2D eigenvalue weighted by Gasteiger charge is 2.18. The van der Waals surface area contributed by atoms with Crippen LogP contribution >= 0.6 is 0 Å². The average molecular weight is 297 g/mol. The first-order chi connectivity index (χ1) is 9.76. The van der Waals surface area contributed by atoms with Crippen LogP contribution in [0.2, 0.25) is 0 Å². The van der Waals surface area contributed by atoms with Crippen LogP contribution in [0, 0.1) is 5.82 Å². The summed E-state index contributed by atoms with van der Waals surface area (Å²) in [7, 11) is 0. The second kappa shape index (κ2) is 6.92. The molecule has 4 N–H and O–H groups in total. The van der Waals surface area contributed by atoms with Gasteiger partial charge in [-0.2, -0.15) is 0 Å². The van der Waals surface area contributed by atoms with Crippen LogP contribution in [0.4, 0.5) is 15.8 Å². The highest BCUT2D eigenvalue weighted by atomic mass is 19.1. The summed E-state index contributed by atoms with van der Waals surface area (Å²) in [4.78, 5) is 24.2. The minimum absolute atomic E-state index is 0.000300. The molecule has 6 nitrogen and oxygen atoms in total. The second-order valence-corrected chi connectivity index (χ2v) is 4.93. The highest BCUT2D eigenvalue weighted by molar-refractivity contribution is 5.91. The Labute approximate surface area is 122 Å². The van der Waals surface area contributed by atoms with E-state index in [-0.39, 0.29) is 24.2 Å². The molecule has 7 heteroatoms. The highest BCUT2D eigenvalue weighted by Crippen LogP contribution is 2.26. The van der Waals surface area contributed by atoms with Gasteiger partial charge in [-0.3, -0.25) is 4.79 Å². The third-order valence-electron chi connectivity index (χ3n) is 2.85. The lowest BCUT2D eigenvalue weighted by Gasteiger charge is -2.25. The van der Waals surface area contributed by atoms with Crippen LogP contribution < -0.4 is 16.0 Å². The molecule has 1 amide bonds. The minimum atomic E-state index is -1.38. The van der Waals surface area contributed by atoms with Crippen LogP contribution in [-0.2, 0) is 4.79 Å². The number of benzene rings is 1. The molecule has 0 aromatic heterocycles. The zero-order valence-corrected chi connectivity index (χ0v) is 12.3. The van der Waals surface area contributed by atoms with Crippen LogP contribution in [-0.4, -0.2) is 36.1 Å². The summed E-state index contributed by atoms with van der Waals surface area (Å²) in [6.45, 7) is 5.92. The van der Waals surface area contributed by atoms with Crippen molar-refractivity contribution in [2.24, 2.45) is 0 Å². The maximum Gasteiger partial charge on any atom is 0.338 e. The molecule has 0 aliphatic rings. The molecule has 1 aromatic rings. The van der Waals surface area contributed by atoms with Crippen LogP contribution in [0.15, 0.2) is 12.1 Å². The number of anilines is 2. The van der Waals surface area contributed by atoms with E-state index in [4.69, 9.17) is 10.8 Å². The molecule has 116 valence electrons. The Bertz CT molecular complexity index is 547. The molecule has 0 radical (unpaired) electrons. The van der Waals surface area contributed by atoms with Gasteiger partial charge < -0.3 is 21.1 Å². The molecule has 1 aromatic carbocycles. The van der Waals surface area contributed by atoms with Gasteiger partial charge in [0.25, 0.3) is 0 Å². The topological polar surface area (TPSA) is 95.7 Å². The number of amides is 1. The first-order valence-electron chi connectivity index (χ1n) is 6.62. The fraction of sp³-hybridized carbons (Fsp3) is 0.429. The van der Waals surface area contributed by atoms with Gasteiger partial charge in [0.1, 0.15) is 5.82 Å². The third kappa shape index (κ3) is 4.34. The Hall–Kier alpha value is -2.31. The van der Waals surface area contributed by atoms with Gasteiger partial charge in [-0.15, -0.1) is 0 Å². The number of nitrogen functional groups attached to an aromatic ring is 1. The number of nitrogens with two attached hydrogens (primary N) is 1. The van der Waals surface area contributed by atoms with Crippen molar-refractivity contribution in [3.05, 3.63) is 23.5 Å². The van der Waals surface area contributed by atoms with Crippen molar-refractivity contribution in [3.8, 4) is 0 Å². The van der Waals surface area contributed by atoms with E-state index in [0.29, 0.717) is 12.2 Å². The third-order valence-corrected chi connectivity index (χ3v) is 2.85. The zero-order chi connectivity index (χ0) is 16.2. The zero-order valence-electron chi connectivity index (χ0n) is 12.3. The quantitative estimate of drug-likeness (QED) is 0.691. The molecule has 1 rings (SSSR count). The van der Waals surface area contributed by atoms with Gasteiger partial charge in [-0.25, -0.2) is 9.18 Å². The van der Waals surface area contributed by atoms with Crippen molar-refractivity contribution in [1.82, 2.24) is 5.32 Å². The summed E-state index contributed by atoms with van der Waals surface area (Å²) >= 11 is 0. The predicted molar refractivity (Wildman–Crippen MR) is 78.9 cm³/mol. The summed E-state index contributed by atoms with van der Waals surface area (Å²) < 4.78 is 13.8. The fourth-order valence-corrected chi connectivity index (χ4v) is 1.93. The first kappa shape index (κ1) is 16.7. The van der Waals surface area contributed by atoms with E-state index in [1.165, 1.54) is 0 Å². The Morgan fingerprint density at radius 3 is 2.52 bits per heavy atom. The van der Waals surface area contributed by atoms with E-state index in [9.17, 15) is 14.0 Å². The number of halogens is 1. The number of nitrogens with zero attached hydrogens (tertiary/aromatic N) is 1. The molecular weight excluding hydrogens is 277 g/mol. The molecular formula is C14H20FN3O3. The van der Waals surface area contributed by atoms with Gasteiger partial charge in [0.05, 0.1) is 23.5 Å². The first-order valence-corrected chi connectivity index (χ1v) is 6.62. The number of carboxylic acid groups (broad SMARTS) is 1. The standard InChI is InChI=1S/C14H20FN3O3/c1-4-18(7-13(19)17-8(2)3)12-6-10(15)9(14(20)21)5-11(12)16/h5-6,8H,4,7,16H2,1-3H3,(H,17,19)(H,20,21). The Morgan fingerprint density at radius 2 is 2.05 bits per heavy atom. The van der Waals surface area contributed by atoms with E-state index in [1.54, 1.807) is 11.8 Å². The number of carbonyl (C=O) groups excluding carboxylic acids is 1. The lowest BCUT2D eigenvalue weighted by atomic mass is 10.1. The van der Waals surface area contributed by atoms with Gasteiger partial charge in [-0.05, 0) is 26.8 Å². The number of aromatic carboxylic acids is 1. The van der Waals surface area contributed by atoms with Gasteiger partial charge in [0.2, 0.25) is 5.91 Å². The van der Waals surface area contributed by atoms with Crippen molar-refractivity contribution >= 4 is 23.3 Å². The Kier molecular flexibility index (Phi) is 5.52. The van der Waals surface area contributed by atoms with Gasteiger partial charge >= 0.3 is 5.97 Å². The summed E-state index contributed by atoms with van der Waals surface area (Å²) in [5, 5.41) is 11.6. The molecule has 0 spiro atoms. The van der Waals surface area contributed by atoms with E-state index in [1.807, 2.05) is 13.8 Å². The summed E-state index contributed by atoms with van der Waals surface area (Å²) in [5.74, 6) is -2.48. The minimum Gasteiger partial charge on any atom is -0.478 e. The normalized spacial score (nSPS) is 10.5. The predicted octanol–water partition coefficient (Wildman–Crippen LogP) is 1.46. The number of carbonyl (C=O) groups is 2. The number of carboxylic acids is 1. The van der Waals surface area contributed by atoms with Crippen LogP contribution in [0.5, 0.6) is 0 Å². The average Bonchev–Trinajstić information content (AvgIpc) is 2.37. The number of hydrogen-bond acceptors (Lipinski definition) is 4. The van der Waals surface area contributed by atoms with Crippen LogP contribution in [0.25, 0.3) is 0 Å². The fourth-order valence-electron chi connectivity index (χ4n) is 1.93. The van der Waals surface area contributed by atoms with Crippen molar-refractivity contribution in [2.75, 3.05) is 23.7 Å². The van der Waals surface area contributed by atoms with E-state index < -0.39 is 17.3 Å². The van der Waals surface area contributed by atoms with Crippen molar-refractivity contribution < 1.29 is 19.1 Å². The van der Waals surface area contributed by atoms with Crippen molar-refractivity contribution in [3.63, 3.8) is 0 Å².